The maximum Gasteiger partial charge on any atom is 0.193 e. The molecule has 0 bridgehead atoms. The fourth-order valence-electron chi connectivity index (χ4n) is 2.62. The molecule has 0 saturated heterocycles. The van der Waals surface area contributed by atoms with Gasteiger partial charge in [-0.1, -0.05) is 29.8 Å². The molecule has 25 heavy (non-hydrogen) atoms. The Balaban J connectivity index is 1.62. The van der Waals surface area contributed by atoms with E-state index < -0.39 is 0 Å². The number of ether oxygens (including phenoxy) is 1. The predicted octanol–water partition coefficient (Wildman–Crippen LogP) is 4.94. The van der Waals surface area contributed by atoms with Gasteiger partial charge in [0.25, 0.3) is 0 Å². The number of fused-ring (bicyclic) bond motifs is 1. The second-order valence-corrected chi connectivity index (χ2v) is 5.88. The summed E-state index contributed by atoms with van der Waals surface area (Å²) >= 11 is 0. The highest BCUT2D eigenvalue weighted by Gasteiger charge is 2.10. The Morgan fingerprint density at radius 2 is 1.80 bits per heavy atom. The summed E-state index contributed by atoms with van der Waals surface area (Å²) in [4.78, 5) is 12.4. The third kappa shape index (κ3) is 3.19. The van der Waals surface area contributed by atoms with Crippen LogP contribution in [0.1, 0.15) is 11.1 Å². The first kappa shape index (κ1) is 15.3. The SMILES string of the molecule is Cc1ccc(COc2ccc3oc(-c4ccco4)cc(=O)c3c2)cc1. The Kier molecular flexibility index (Phi) is 3.86. The Morgan fingerprint density at radius 1 is 0.960 bits per heavy atom. The highest BCUT2D eigenvalue weighted by atomic mass is 16.5. The number of hydrogen-bond donors (Lipinski definition) is 0. The quantitative estimate of drug-likeness (QED) is 0.531. The highest BCUT2D eigenvalue weighted by Crippen LogP contribution is 2.25. The summed E-state index contributed by atoms with van der Waals surface area (Å²) in [6, 6.07) is 18.3. The largest absolute Gasteiger partial charge is 0.489 e. The van der Waals surface area contributed by atoms with Crippen LogP contribution in [-0.4, -0.2) is 0 Å². The van der Waals surface area contributed by atoms with Crippen molar-refractivity contribution in [2.75, 3.05) is 0 Å². The predicted molar refractivity (Wildman–Crippen MR) is 95.7 cm³/mol. The Labute approximate surface area is 144 Å². The van der Waals surface area contributed by atoms with Crippen molar-refractivity contribution in [2.24, 2.45) is 0 Å². The topological polar surface area (TPSA) is 52.6 Å². The van der Waals surface area contributed by atoms with Crippen molar-refractivity contribution in [2.45, 2.75) is 13.5 Å². The maximum absolute atomic E-state index is 12.4. The second-order valence-electron chi connectivity index (χ2n) is 5.88. The summed E-state index contributed by atoms with van der Waals surface area (Å²) < 4.78 is 16.9. The summed E-state index contributed by atoms with van der Waals surface area (Å²) in [5, 5.41) is 0.483. The van der Waals surface area contributed by atoms with Crippen LogP contribution < -0.4 is 10.2 Å². The summed E-state index contributed by atoms with van der Waals surface area (Å²) in [7, 11) is 0. The second kappa shape index (κ2) is 6.32. The average molecular weight is 332 g/mol. The molecule has 0 spiro atoms. The van der Waals surface area contributed by atoms with Gasteiger partial charge < -0.3 is 13.6 Å². The molecule has 4 aromatic rings. The van der Waals surface area contributed by atoms with Gasteiger partial charge in [-0.2, -0.15) is 0 Å². The van der Waals surface area contributed by atoms with Crippen molar-refractivity contribution in [3.8, 4) is 17.3 Å². The van der Waals surface area contributed by atoms with Gasteiger partial charge >= 0.3 is 0 Å². The summed E-state index contributed by atoms with van der Waals surface area (Å²) in [6.45, 7) is 2.49. The molecule has 0 aliphatic heterocycles. The molecule has 4 rings (SSSR count). The molecule has 2 aromatic carbocycles. The molecule has 4 heteroatoms. The molecule has 0 fully saturated rings. The molecular weight excluding hydrogens is 316 g/mol. The molecule has 4 nitrogen and oxygen atoms in total. The van der Waals surface area contributed by atoms with E-state index in [0.29, 0.717) is 34.8 Å². The molecule has 0 atom stereocenters. The Hall–Kier alpha value is -3.27. The van der Waals surface area contributed by atoms with Gasteiger partial charge in [-0.3, -0.25) is 4.79 Å². The van der Waals surface area contributed by atoms with Crippen LogP contribution in [0.3, 0.4) is 0 Å². The fraction of sp³-hybridized carbons (Fsp3) is 0.0952. The van der Waals surface area contributed by atoms with E-state index in [0.717, 1.165) is 5.56 Å². The zero-order valence-corrected chi connectivity index (χ0v) is 13.7. The van der Waals surface area contributed by atoms with Gasteiger partial charge in [-0.15, -0.1) is 0 Å². The summed E-state index contributed by atoms with van der Waals surface area (Å²) in [5.74, 6) is 1.57. The third-order valence-corrected chi connectivity index (χ3v) is 3.99. The number of hydrogen-bond acceptors (Lipinski definition) is 4. The standard InChI is InChI=1S/C21H16O4/c1-14-4-6-15(7-5-14)13-24-16-8-9-19-17(11-16)18(22)12-21(25-19)20-3-2-10-23-20/h2-12H,13H2,1H3. The van der Waals surface area contributed by atoms with Crippen molar-refractivity contribution in [1.82, 2.24) is 0 Å². The first-order chi connectivity index (χ1) is 12.2. The minimum atomic E-state index is -0.131. The smallest absolute Gasteiger partial charge is 0.193 e. The highest BCUT2D eigenvalue weighted by molar-refractivity contribution is 5.79. The monoisotopic (exact) mass is 332 g/mol. The molecule has 0 amide bonds. The molecule has 0 unspecified atom stereocenters. The van der Waals surface area contributed by atoms with Crippen molar-refractivity contribution in [1.29, 1.82) is 0 Å². The number of aryl methyl sites for hydroxylation is 1. The lowest BCUT2D eigenvalue weighted by Gasteiger charge is -2.08. The molecule has 2 heterocycles. The Bertz CT molecular complexity index is 1060. The van der Waals surface area contributed by atoms with E-state index in [1.807, 2.05) is 31.2 Å². The molecule has 124 valence electrons. The van der Waals surface area contributed by atoms with Crippen molar-refractivity contribution in [3.05, 3.63) is 88.3 Å². The molecule has 0 N–H and O–H groups in total. The van der Waals surface area contributed by atoms with Crippen LogP contribution in [0.5, 0.6) is 5.75 Å². The molecule has 0 radical (unpaired) electrons. The van der Waals surface area contributed by atoms with Gasteiger partial charge in [0.2, 0.25) is 0 Å². The molecule has 0 aliphatic carbocycles. The summed E-state index contributed by atoms with van der Waals surface area (Å²) in [6.07, 6.45) is 1.54. The van der Waals surface area contributed by atoms with E-state index in [2.05, 4.69) is 0 Å². The van der Waals surface area contributed by atoms with Crippen LogP contribution in [0.4, 0.5) is 0 Å². The number of furan rings is 1. The first-order valence-electron chi connectivity index (χ1n) is 7.99. The normalized spacial score (nSPS) is 10.9. The molecule has 2 aromatic heterocycles. The van der Waals surface area contributed by atoms with Crippen LogP contribution in [0.2, 0.25) is 0 Å². The maximum atomic E-state index is 12.4. The first-order valence-corrected chi connectivity index (χ1v) is 7.99. The van der Waals surface area contributed by atoms with Crippen LogP contribution in [-0.2, 0) is 6.61 Å². The van der Waals surface area contributed by atoms with Gasteiger partial charge in [0.15, 0.2) is 16.9 Å². The zero-order chi connectivity index (χ0) is 17.2. The third-order valence-electron chi connectivity index (χ3n) is 3.99. The van der Waals surface area contributed by atoms with Crippen LogP contribution in [0.25, 0.3) is 22.5 Å². The lowest BCUT2D eigenvalue weighted by atomic mass is 10.1. The van der Waals surface area contributed by atoms with E-state index in [1.54, 1.807) is 36.6 Å². The minimum Gasteiger partial charge on any atom is -0.489 e. The van der Waals surface area contributed by atoms with Gasteiger partial charge in [0, 0.05) is 6.07 Å². The van der Waals surface area contributed by atoms with E-state index in [4.69, 9.17) is 13.6 Å². The number of benzene rings is 2. The fourth-order valence-corrected chi connectivity index (χ4v) is 2.62. The zero-order valence-electron chi connectivity index (χ0n) is 13.7. The van der Waals surface area contributed by atoms with Gasteiger partial charge in [0.1, 0.15) is 17.9 Å². The van der Waals surface area contributed by atoms with E-state index in [1.165, 1.54) is 11.6 Å². The van der Waals surface area contributed by atoms with E-state index in [9.17, 15) is 4.79 Å². The minimum absolute atomic E-state index is 0.131. The lowest BCUT2D eigenvalue weighted by molar-refractivity contribution is 0.306. The van der Waals surface area contributed by atoms with Gasteiger partial charge in [0.05, 0.1) is 11.6 Å². The van der Waals surface area contributed by atoms with E-state index in [-0.39, 0.29) is 5.43 Å². The molecule has 0 saturated carbocycles. The summed E-state index contributed by atoms with van der Waals surface area (Å²) in [5.41, 5.74) is 2.65. The van der Waals surface area contributed by atoms with Crippen molar-refractivity contribution < 1.29 is 13.6 Å². The van der Waals surface area contributed by atoms with E-state index >= 15 is 0 Å². The van der Waals surface area contributed by atoms with Crippen molar-refractivity contribution >= 4 is 11.0 Å². The van der Waals surface area contributed by atoms with Gasteiger partial charge in [-0.25, -0.2) is 0 Å². The Morgan fingerprint density at radius 3 is 2.56 bits per heavy atom. The molecule has 0 aliphatic rings. The lowest BCUT2D eigenvalue weighted by Crippen LogP contribution is -2.01. The molecular formula is C21H16O4. The average Bonchev–Trinajstić information content (AvgIpc) is 3.16. The van der Waals surface area contributed by atoms with Crippen LogP contribution in [0, 0.1) is 6.92 Å². The van der Waals surface area contributed by atoms with Crippen molar-refractivity contribution in [3.63, 3.8) is 0 Å². The number of rotatable bonds is 4. The van der Waals surface area contributed by atoms with Crippen LogP contribution >= 0.6 is 0 Å². The van der Waals surface area contributed by atoms with Crippen LogP contribution in [0.15, 0.2) is 80.6 Å². The van der Waals surface area contributed by atoms with Gasteiger partial charge in [-0.05, 0) is 42.8 Å².